The Balaban J connectivity index is 1.85. The Morgan fingerprint density at radius 3 is 2.28 bits per heavy atom. The maximum atomic E-state index is 13.2. The van der Waals surface area contributed by atoms with Gasteiger partial charge in [-0.15, -0.1) is 0 Å². The van der Waals surface area contributed by atoms with E-state index in [-0.39, 0.29) is 18.0 Å². The first-order valence-electron chi connectivity index (χ1n) is 9.34. The summed E-state index contributed by atoms with van der Waals surface area (Å²) in [6.45, 7) is 1.93. The minimum atomic E-state index is -3.89. The van der Waals surface area contributed by atoms with Gasteiger partial charge in [0.2, 0.25) is 5.91 Å². The van der Waals surface area contributed by atoms with E-state index in [2.05, 4.69) is 10.3 Å². The molecule has 2 aromatic carbocycles. The third-order valence-electron chi connectivity index (χ3n) is 4.44. The van der Waals surface area contributed by atoms with Crippen LogP contribution in [0.4, 0.5) is 5.69 Å². The Bertz CT molecular complexity index is 1040. The van der Waals surface area contributed by atoms with Gasteiger partial charge in [0.1, 0.15) is 6.54 Å². The highest BCUT2D eigenvalue weighted by molar-refractivity contribution is 7.92. The van der Waals surface area contributed by atoms with Gasteiger partial charge in [0.15, 0.2) is 0 Å². The smallest absolute Gasteiger partial charge is 0.264 e. The van der Waals surface area contributed by atoms with Crippen molar-refractivity contribution in [3.8, 4) is 0 Å². The topological polar surface area (TPSA) is 79.4 Å². The molecule has 0 spiro atoms. The number of nitrogens with one attached hydrogen (secondary N) is 1. The molecule has 29 heavy (non-hydrogen) atoms. The van der Waals surface area contributed by atoms with Gasteiger partial charge in [0.05, 0.1) is 22.8 Å². The SMILES string of the molecule is CCc1ccc(N(CC(=O)NCc2ccccn2)S(=O)(=O)c2ccccc2)cc1. The summed E-state index contributed by atoms with van der Waals surface area (Å²) in [7, 11) is -3.89. The first kappa shape index (κ1) is 20.5. The van der Waals surface area contributed by atoms with Crippen molar-refractivity contribution in [2.45, 2.75) is 24.8 Å². The lowest BCUT2D eigenvalue weighted by atomic mass is 10.1. The van der Waals surface area contributed by atoms with Gasteiger partial charge in [-0.05, 0) is 48.4 Å². The van der Waals surface area contributed by atoms with Crippen molar-refractivity contribution in [1.82, 2.24) is 10.3 Å². The molecule has 1 amide bonds. The number of carbonyl (C=O) groups excluding carboxylic acids is 1. The van der Waals surface area contributed by atoms with Gasteiger partial charge in [0.25, 0.3) is 10.0 Å². The molecule has 150 valence electrons. The first-order valence-corrected chi connectivity index (χ1v) is 10.8. The lowest BCUT2D eigenvalue weighted by molar-refractivity contribution is -0.119. The van der Waals surface area contributed by atoms with Crippen LogP contribution in [0.25, 0.3) is 0 Å². The van der Waals surface area contributed by atoms with Gasteiger partial charge in [-0.1, -0.05) is 43.3 Å². The van der Waals surface area contributed by atoms with Gasteiger partial charge in [-0.25, -0.2) is 8.42 Å². The van der Waals surface area contributed by atoms with Gasteiger partial charge in [-0.2, -0.15) is 0 Å². The van der Waals surface area contributed by atoms with Gasteiger partial charge in [-0.3, -0.25) is 14.1 Å². The molecule has 0 saturated heterocycles. The molecular weight excluding hydrogens is 386 g/mol. The fourth-order valence-corrected chi connectivity index (χ4v) is 4.25. The molecule has 0 fully saturated rings. The number of rotatable bonds is 8. The number of pyridine rings is 1. The average Bonchev–Trinajstić information content (AvgIpc) is 2.77. The zero-order valence-electron chi connectivity index (χ0n) is 16.2. The van der Waals surface area contributed by atoms with Crippen molar-refractivity contribution >= 4 is 21.6 Å². The van der Waals surface area contributed by atoms with E-state index in [1.54, 1.807) is 48.7 Å². The maximum absolute atomic E-state index is 13.2. The van der Waals surface area contributed by atoms with E-state index < -0.39 is 15.9 Å². The molecule has 6 nitrogen and oxygen atoms in total. The second-order valence-corrected chi connectivity index (χ2v) is 8.30. The number of aromatic nitrogens is 1. The summed E-state index contributed by atoms with van der Waals surface area (Å²) in [5.41, 5.74) is 2.23. The summed E-state index contributed by atoms with van der Waals surface area (Å²) >= 11 is 0. The van der Waals surface area contributed by atoms with Crippen LogP contribution in [0.2, 0.25) is 0 Å². The fraction of sp³-hybridized carbons (Fsp3) is 0.182. The van der Waals surface area contributed by atoms with E-state index >= 15 is 0 Å². The zero-order valence-corrected chi connectivity index (χ0v) is 17.0. The number of aryl methyl sites for hydroxylation is 1. The van der Waals surface area contributed by atoms with E-state index in [9.17, 15) is 13.2 Å². The van der Waals surface area contributed by atoms with E-state index in [0.717, 1.165) is 16.3 Å². The quantitative estimate of drug-likeness (QED) is 0.620. The van der Waals surface area contributed by atoms with E-state index in [1.807, 2.05) is 25.1 Å². The lowest BCUT2D eigenvalue weighted by Gasteiger charge is -2.24. The summed E-state index contributed by atoms with van der Waals surface area (Å²) in [5, 5.41) is 2.74. The number of carbonyl (C=O) groups is 1. The highest BCUT2D eigenvalue weighted by Gasteiger charge is 2.27. The summed E-state index contributed by atoms with van der Waals surface area (Å²) in [5.74, 6) is -0.408. The molecule has 0 aliphatic carbocycles. The molecule has 1 heterocycles. The van der Waals surface area contributed by atoms with Crippen LogP contribution in [0.1, 0.15) is 18.2 Å². The van der Waals surface area contributed by atoms with Crippen LogP contribution in [-0.4, -0.2) is 25.9 Å². The Labute approximate surface area is 171 Å². The van der Waals surface area contributed by atoms with Gasteiger partial charge >= 0.3 is 0 Å². The third-order valence-corrected chi connectivity index (χ3v) is 6.23. The summed E-state index contributed by atoms with van der Waals surface area (Å²) < 4.78 is 27.6. The highest BCUT2D eigenvalue weighted by atomic mass is 32.2. The Hall–Kier alpha value is -3.19. The standard InChI is InChI=1S/C22H23N3O3S/c1-2-18-11-13-20(14-12-18)25(29(27,28)21-9-4-3-5-10-21)17-22(26)24-16-19-8-6-7-15-23-19/h3-15H,2,16-17H2,1H3,(H,24,26). The van der Waals surface area contributed by atoms with Crippen LogP contribution in [-0.2, 0) is 27.8 Å². The van der Waals surface area contributed by atoms with Crippen LogP contribution < -0.4 is 9.62 Å². The Morgan fingerprint density at radius 1 is 0.966 bits per heavy atom. The minimum absolute atomic E-state index is 0.136. The lowest BCUT2D eigenvalue weighted by Crippen LogP contribution is -2.40. The van der Waals surface area contributed by atoms with Crippen LogP contribution in [0, 0.1) is 0 Å². The van der Waals surface area contributed by atoms with Crippen molar-refractivity contribution < 1.29 is 13.2 Å². The number of nitrogens with zero attached hydrogens (tertiary/aromatic N) is 2. The highest BCUT2D eigenvalue weighted by Crippen LogP contribution is 2.24. The van der Waals surface area contributed by atoms with Crippen molar-refractivity contribution in [1.29, 1.82) is 0 Å². The molecule has 0 unspecified atom stereocenters. The number of anilines is 1. The van der Waals surface area contributed by atoms with Crippen molar-refractivity contribution in [2.24, 2.45) is 0 Å². The maximum Gasteiger partial charge on any atom is 0.264 e. The Morgan fingerprint density at radius 2 is 1.66 bits per heavy atom. The monoisotopic (exact) mass is 409 g/mol. The summed E-state index contributed by atoms with van der Waals surface area (Å²) in [6.07, 6.45) is 2.49. The minimum Gasteiger partial charge on any atom is -0.349 e. The number of hydrogen-bond donors (Lipinski definition) is 1. The Kier molecular flexibility index (Phi) is 6.61. The molecule has 3 aromatic rings. The van der Waals surface area contributed by atoms with Crippen LogP contribution in [0.3, 0.4) is 0 Å². The van der Waals surface area contributed by atoms with E-state index in [1.165, 1.54) is 12.1 Å². The molecule has 0 aliphatic heterocycles. The first-order chi connectivity index (χ1) is 14.0. The number of benzene rings is 2. The molecule has 1 N–H and O–H groups in total. The van der Waals surface area contributed by atoms with Crippen LogP contribution in [0.5, 0.6) is 0 Å². The molecule has 0 saturated carbocycles. The number of sulfonamides is 1. The fourth-order valence-electron chi connectivity index (χ4n) is 2.81. The molecular formula is C22H23N3O3S. The molecule has 0 radical (unpaired) electrons. The normalized spacial score (nSPS) is 11.1. The molecule has 0 aliphatic rings. The molecule has 0 bridgehead atoms. The number of amides is 1. The van der Waals surface area contributed by atoms with Crippen LogP contribution in [0.15, 0.2) is 83.9 Å². The third kappa shape index (κ3) is 5.20. The van der Waals surface area contributed by atoms with Gasteiger partial charge < -0.3 is 5.32 Å². The van der Waals surface area contributed by atoms with Gasteiger partial charge in [0, 0.05) is 6.20 Å². The summed E-state index contributed by atoms with van der Waals surface area (Å²) in [4.78, 5) is 16.8. The molecule has 1 aromatic heterocycles. The second kappa shape index (κ2) is 9.34. The number of hydrogen-bond acceptors (Lipinski definition) is 4. The molecule has 7 heteroatoms. The van der Waals surface area contributed by atoms with Crippen LogP contribution >= 0.6 is 0 Å². The molecule has 0 atom stereocenters. The summed E-state index contributed by atoms with van der Waals surface area (Å²) in [6, 6.07) is 20.7. The largest absolute Gasteiger partial charge is 0.349 e. The zero-order chi connectivity index (χ0) is 20.7. The van der Waals surface area contributed by atoms with E-state index in [0.29, 0.717) is 11.4 Å². The van der Waals surface area contributed by atoms with Crippen molar-refractivity contribution in [2.75, 3.05) is 10.8 Å². The van der Waals surface area contributed by atoms with Crippen molar-refractivity contribution in [3.05, 3.63) is 90.3 Å². The predicted octanol–water partition coefficient (Wildman–Crippen LogP) is 3.16. The second-order valence-electron chi connectivity index (χ2n) is 6.44. The molecule has 3 rings (SSSR count). The van der Waals surface area contributed by atoms with E-state index in [4.69, 9.17) is 0 Å². The average molecular weight is 410 g/mol. The van der Waals surface area contributed by atoms with Crippen molar-refractivity contribution in [3.63, 3.8) is 0 Å². The predicted molar refractivity (Wildman–Crippen MR) is 113 cm³/mol.